The summed E-state index contributed by atoms with van der Waals surface area (Å²) in [4.78, 5) is 10.3. The van der Waals surface area contributed by atoms with Crippen LogP contribution in [0.2, 0.25) is 0 Å². The molecule has 0 aliphatic heterocycles. The van der Waals surface area contributed by atoms with Gasteiger partial charge in [-0.15, -0.1) is 12.4 Å². The van der Waals surface area contributed by atoms with Crippen molar-refractivity contribution in [2.24, 2.45) is 5.84 Å². The van der Waals surface area contributed by atoms with Crippen molar-refractivity contribution >= 4 is 24.1 Å². The highest BCUT2D eigenvalue weighted by molar-refractivity contribution is 5.85. The van der Waals surface area contributed by atoms with Crippen molar-refractivity contribution in [3.63, 3.8) is 0 Å². The molecule has 4 nitrogen and oxygen atoms in total. The number of hydrogen-bond acceptors (Lipinski definition) is 3. The number of carboxylic acid groups (broad SMARTS) is 1. The molecule has 0 amide bonds. The Labute approximate surface area is 94.9 Å². The second kappa shape index (κ2) is 7.09. The number of benzene rings is 1. The van der Waals surface area contributed by atoms with E-state index in [4.69, 9.17) is 10.9 Å². The Bertz CT molecular complexity index is 301. The molecule has 4 N–H and O–H groups in total. The minimum atomic E-state index is -0.745. The summed E-state index contributed by atoms with van der Waals surface area (Å²) in [6.07, 6.45) is 1.68. The first kappa shape index (κ1) is 13.7. The van der Waals surface area contributed by atoms with Crippen LogP contribution < -0.4 is 11.3 Å². The zero-order chi connectivity index (χ0) is 10.4. The fourth-order valence-corrected chi connectivity index (χ4v) is 1.21. The smallest absolute Gasteiger partial charge is 0.303 e. The van der Waals surface area contributed by atoms with Crippen molar-refractivity contribution in [3.05, 3.63) is 29.8 Å². The first-order valence-electron chi connectivity index (χ1n) is 4.49. The molecule has 1 aromatic carbocycles. The van der Waals surface area contributed by atoms with E-state index in [1.807, 2.05) is 24.3 Å². The quantitative estimate of drug-likeness (QED) is 0.533. The number of carbonyl (C=O) groups is 1. The third-order valence-electron chi connectivity index (χ3n) is 1.98. The van der Waals surface area contributed by atoms with Gasteiger partial charge in [-0.3, -0.25) is 10.6 Å². The van der Waals surface area contributed by atoms with Gasteiger partial charge < -0.3 is 10.5 Å². The lowest BCUT2D eigenvalue weighted by atomic mass is 10.1. The first-order valence-corrected chi connectivity index (χ1v) is 4.49. The second-order valence-corrected chi connectivity index (χ2v) is 3.09. The van der Waals surface area contributed by atoms with Crippen molar-refractivity contribution in [2.45, 2.75) is 19.3 Å². The number of anilines is 1. The molecule has 84 valence electrons. The molecule has 0 saturated heterocycles. The largest absolute Gasteiger partial charge is 0.481 e. The number of hydrogen-bond donors (Lipinski definition) is 3. The second-order valence-electron chi connectivity index (χ2n) is 3.09. The summed E-state index contributed by atoms with van der Waals surface area (Å²) >= 11 is 0. The molecule has 0 radical (unpaired) electrons. The molecule has 0 atom stereocenters. The minimum absolute atomic E-state index is 0. The van der Waals surface area contributed by atoms with E-state index < -0.39 is 5.97 Å². The summed E-state index contributed by atoms with van der Waals surface area (Å²) in [6, 6.07) is 7.63. The highest BCUT2D eigenvalue weighted by Gasteiger charge is 1.98. The molecule has 0 aromatic heterocycles. The van der Waals surface area contributed by atoms with Crippen LogP contribution in [0, 0.1) is 0 Å². The maximum absolute atomic E-state index is 10.3. The summed E-state index contributed by atoms with van der Waals surface area (Å²) in [6.45, 7) is 0. The van der Waals surface area contributed by atoms with Gasteiger partial charge >= 0.3 is 5.97 Å². The normalized spacial score (nSPS) is 9.13. The van der Waals surface area contributed by atoms with Crippen LogP contribution in [-0.2, 0) is 11.2 Å². The van der Waals surface area contributed by atoms with Crippen LogP contribution in [0.3, 0.4) is 0 Å². The maximum atomic E-state index is 10.3. The van der Waals surface area contributed by atoms with Gasteiger partial charge in [-0.2, -0.15) is 0 Å². The zero-order valence-electron chi connectivity index (χ0n) is 8.27. The standard InChI is InChI=1S/C10H14N2O2.ClH/c11-12-9-6-4-8(5-7-9)2-1-3-10(13)14;/h4-7,12H,1-3,11H2,(H,13,14);1H. The van der Waals surface area contributed by atoms with Crippen molar-refractivity contribution in [2.75, 3.05) is 5.43 Å². The Kier molecular flexibility index (Phi) is 6.49. The molecular formula is C10H15ClN2O2. The topological polar surface area (TPSA) is 75.3 Å². The monoisotopic (exact) mass is 230 g/mol. The van der Waals surface area contributed by atoms with Crippen molar-refractivity contribution in [1.29, 1.82) is 0 Å². The number of aryl methyl sites for hydroxylation is 1. The number of nitrogens with one attached hydrogen (secondary N) is 1. The molecule has 0 aliphatic rings. The van der Waals surface area contributed by atoms with Gasteiger partial charge in [0.15, 0.2) is 0 Å². The fourth-order valence-electron chi connectivity index (χ4n) is 1.21. The Morgan fingerprint density at radius 3 is 2.40 bits per heavy atom. The predicted octanol–water partition coefficient (Wildman–Crippen LogP) is 1.80. The lowest BCUT2D eigenvalue weighted by Gasteiger charge is -2.02. The molecule has 15 heavy (non-hydrogen) atoms. The van der Waals surface area contributed by atoms with Crippen molar-refractivity contribution in [3.8, 4) is 0 Å². The summed E-state index contributed by atoms with van der Waals surface area (Å²) in [7, 11) is 0. The summed E-state index contributed by atoms with van der Waals surface area (Å²) in [5.74, 6) is 4.47. The molecule has 1 aromatic rings. The SMILES string of the molecule is Cl.NNc1ccc(CCCC(=O)O)cc1. The van der Waals surface area contributed by atoms with Crippen molar-refractivity contribution < 1.29 is 9.90 Å². The van der Waals surface area contributed by atoms with Crippen LogP contribution in [-0.4, -0.2) is 11.1 Å². The summed E-state index contributed by atoms with van der Waals surface area (Å²) in [5, 5.41) is 8.45. The molecule has 0 bridgehead atoms. The van der Waals surface area contributed by atoms with E-state index >= 15 is 0 Å². The van der Waals surface area contributed by atoms with Gasteiger partial charge in [-0.25, -0.2) is 0 Å². The third-order valence-corrected chi connectivity index (χ3v) is 1.98. The molecular weight excluding hydrogens is 216 g/mol. The van der Waals surface area contributed by atoms with E-state index in [0.29, 0.717) is 6.42 Å². The Balaban J connectivity index is 0.00000196. The van der Waals surface area contributed by atoms with Crippen LogP contribution in [0.25, 0.3) is 0 Å². The summed E-state index contributed by atoms with van der Waals surface area (Å²) < 4.78 is 0. The Morgan fingerprint density at radius 2 is 1.93 bits per heavy atom. The van der Waals surface area contributed by atoms with E-state index in [2.05, 4.69) is 5.43 Å². The molecule has 5 heteroatoms. The van der Waals surface area contributed by atoms with E-state index in [1.54, 1.807) is 0 Å². The lowest BCUT2D eigenvalue weighted by Crippen LogP contribution is -2.06. The number of rotatable bonds is 5. The van der Waals surface area contributed by atoms with Gasteiger partial charge in [0.1, 0.15) is 0 Å². The molecule has 0 unspecified atom stereocenters. The van der Waals surface area contributed by atoms with E-state index in [-0.39, 0.29) is 18.8 Å². The highest BCUT2D eigenvalue weighted by atomic mass is 35.5. The number of nitrogen functional groups attached to an aromatic ring is 1. The molecule has 0 heterocycles. The van der Waals surface area contributed by atoms with E-state index in [0.717, 1.165) is 17.7 Å². The Morgan fingerprint density at radius 1 is 1.33 bits per heavy atom. The summed E-state index contributed by atoms with van der Waals surface area (Å²) in [5.41, 5.74) is 4.52. The number of carboxylic acids is 1. The van der Waals surface area contributed by atoms with Gasteiger partial charge in [-0.05, 0) is 30.5 Å². The van der Waals surface area contributed by atoms with Crippen LogP contribution in [0.15, 0.2) is 24.3 Å². The highest BCUT2D eigenvalue weighted by Crippen LogP contribution is 2.10. The van der Waals surface area contributed by atoms with Gasteiger partial charge in [0.2, 0.25) is 0 Å². The number of aliphatic carboxylic acids is 1. The maximum Gasteiger partial charge on any atom is 0.303 e. The number of nitrogens with two attached hydrogens (primary N) is 1. The van der Waals surface area contributed by atoms with Crippen LogP contribution in [0.4, 0.5) is 5.69 Å². The van der Waals surface area contributed by atoms with Gasteiger partial charge in [0.05, 0.1) is 0 Å². The fraction of sp³-hybridized carbons (Fsp3) is 0.300. The van der Waals surface area contributed by atoms with E-state index in [9.17, 15) is 4.79 Å². The molecule has 0 saturated carbocycles. The zero-order valence-corrected chi connectivity index (χ0v) is 9.09. The predicted molar refractivity (Wildman–Crippen MR) is 62.1 cm³/mol. The third kappa shape index (κ3) is 5.24. The number of hydrazine groups is 1. The first-order chi connectivity index (χ1) is 6.72. The molecule has 0 spiro atoms. The molecule has 0 fully saturated rings. The van der Waals surface area contributed by atoms with Crippen molar-refractivity contribution in [1.82, 2.24) is 0 Å². The minimum Gasteiger partial charge on any atom is -0.481 e. The van der Waals surface area contributed by atoms with Crippen LogP contribution in [0.1, 0.15) is 18.4 Å². The Hall–Kier alpha value is -1.26. The molecule has 1 rings (SSSR count). The molecule has 0 aliphatic carbocycles. The van der Waals surface area contributed by atoms with Crippen LogP contribution in [0.5, 0.6) is 0 Å². The average Bonchev–Trinajstić information content (AvgIpc) is 2.18. The lowest BCUT2D eigenvalue weighted by molar-refractivity contribution is -0.137. The van der Waals surface area contributed by atoms with Gasteiger partial charge in [0.25, 0.3) is 0 Å². The van der Waals surface area contributed by atoms with Gasteiger partial charge in [0, 0.05) is 12.1 Å². The van der Waals surface area contributed by atoms with Crippen LogP contribution >= 0.6 is 12.4 Å². The number of halogens is 1. The average molecular weight is 231 g/mol. The van der Waals surface area contributed by atoms with Gasteiger partial charge in [-0.1, -0.05) is 12.1 Å². The van der Waals surface area contributed by atoms with E-state index in [1.165, 1.54) is 0 Å².